The number of para-hydroxylation sites is 4. The van der Waals surface area contributed by atoms with E-state index >= 15 is 0 Å². The number of pyridine rings is 2. The third kappa shape index (κ3) is 4.10. The molecule has 3 aromatic heterocycles. The lowest BCUT2D eigenvalue weighted by Gasteiger charge is -2.27. The van der Waals surface area contributed by atoms with E-state index in [0.29, 0.717) is 0 Å². The fraction of sp³-hybridized carbons (Fsp3) is 0. The first kappa shape index (κ1) is 26.7. The molecule has 0 aliphatic heterocycles. The Balaban J connectivity index is 1.16. The topological polar surface area (TPSA) is 33.4 Å². The average Bonchev–Trinajstić information content (AvgIpc) is 3.55. The minimum atomic E-state index is 0.929. The van der Waals surface area contributed by atoms with Crippen LogP contribution in [-0.2, 0) is 0 Å². The van der Waals surface area contributed by atoms with E-state index in [1.165, 1.54) is 10.8 Å². The van der Waals surface area contributed by atoms with E-state index < -0.39 is 0 Å². The summed E-state index contributed by atoms with van der Waals surface area (Å²) in [6.07, 6.45) is 0. The Kier molecular flexibility index (Phi) is 5.84. The summed E-state index contributed by atoms with van der Waals surface area (Å²) in [7, 11) is 0. The molecule has 0 saturated carbocycles. The molecular formula is C44H28N4. The fourth-order valence-electron chi connectivity index (χ4n) is 7.25. The highest BCUT2D eigenvalue weighted by Gasteiger charge is 2.18. The molecule has 224 valence electrons. The van der Waals surface area contributed by atoms with Gasteiger partial charge in [-0.3, -0.25) is 4.40 Å². The number of fused-ring (bicyclic) bond motifs is 10. The molecule has 0 aliphatic rings. The lowest BCUT2D eigenvalue weighted by Crippen LogP contribution is -2.10. The van der Waals surface area contributed by atoms with Gasteiger partial charge in [-0.05, 0) is 77.2 Å². The third-order valence-corrected chi connectivity index (χ3v) is 9.50. The molecule has 0 saturated heterocycles. The van der Waals surface area contributed by atoms with Crippen LogP contribution in [0.1, 0.15) is 0 Å². The summed E-state index contributed by atoms with van der Waals surface area (Å²) < 4.78 is 2.30. The Morgan fingerprint density at radius 2 is 1.10 bits per heavy atom. The van der Waals surface area contributed by atoms with Crippen molar-refractivity contribution in [2.75, 3.05) is 4.90 Å². The number of imidazole rings is 1. The first-order chi connectivity index (χ1) is 23.8. The van der Waals surface area contributed by atoms with Gasteiger partial charge in [0, 0.05) is 32.9 Å². The molecule has 0 amide bonds. The summed E-state index contributed by atoms with van der Waals surface area (Å²) in [5, 5.41) is 5.72. The Morgan fingerprint density at radius 1 is 0.417 bits per heavy atom. The molecule has 0 N–H and O–H groups in total. The highest BCUT2D eigenvalue weighted by atomic mass is 15.1. The van der Waals surface area contributed by atoms with Crippen LogP contribution < -0.4 is 4.90 Å². The van der Waals surface area contributed by atoms with Gasteiger partial charge in [-0.2, -0.15) is 0 Å². The summed E-state index contributed by atoms with van der Waals surface area (Å²) in [5.41, 5.74) is 11.7. The summed E-state index contributed by atoms with van der Waals surface area (Å²) in [6.45, 7) is 0. The van der Waals surface area contributed by atoms with Crippen LogP contribution in [0.5, 0.6) is 0 Å². The normalized spacial score (nSPS) is 11.8. The molecule has 0 spiro atoms. The van der Waals surface area contributed by atoms with Crippen LogP contribution in [0.2, 0.25) is 0 Å². The molecule has 4 heteroatoms. The number of hydrogen-bond donors (Lipinski definition) is 0. The van der Waals surface area contributed by atoms with Crippen molar-refractivity contribution in [3.63, 3.8) is 0 Å². The van der Waals surface area contributed by atoms with Gasteiger partial charge in [0.25, 0.3) is 0 Å². The molecule has 10 rings (SSSR count). The molecule has 7 aromatic carbocycles. The molecule has 0 radical (unpaired) electrons. The maximum absolute atomic E-state index is 5.18. The molecule has 0 fully saturated rings. The minimum absolute atomic E-state index is 0.929. The van der Waals surface area contributed by atoms with E-state index in [1.807, 2.05) is 6.07 Å². The average molecular weight is 613 g/mol. The monoisotopic (exact) mass is 612 g/mol. The lowest BCUT2D eigenvalue weighted by atomic mass is 10.0. The van der Waals surface area contributed by atoms with Gasteiger partial charge >= 0.3 is 0 Å². The molecule has 0 aliphatic carbocycles. The maximum atomic E-state index is 5.18. The van der Waals surface area contributed by atoms with Gasteiger partial charge < -0.3 is 4.90 Å². The van der Waals surface area contributed by atoms with Crippen LogP contribution in [0.4, 0.5) is 17.1 Å². The van der Waals surface area contributed by atoms with E-state index in [-0.39, 0.29) is 0 Å². The Bertz CT molecular complexity index is 2830. The van der Waals surface area contributed by atoms with Crippen molar-refractivity contribution >= 4 is 77.2 Å². The zero-order valence-electron chi connectivity index (χ0n) is 26.0. The zero-order chi connectivity index (χ0) is 31.6. The Labute approximate surface area is 276 Å². The fourth-order valence-corrected chi connectivity index (χ4v) is 7.25. The van der Waals surface area contributed by atoms with Gasteiger partial charge in [-0.15, -0.1) is 0 Å². The highest BCUT2D eigenvalue weighted by molar-refractivity contribution is 6.15. The predicted molar refractivity (Wildman–Crippen MR) is 201 cm³/mol. The van der Waals surface area contributed by atoms with Gasteiger partial charge in [-0.1, -0.05) is 109 Å². The van der Waals surface area contributed by atoms with Gasteiger partial charge in [0.15, 0.2) is 0 Å². The van der Waals surface area contributed by atoms with Crippen molar-refractivity contribution in [1.82, 2.24) is 14.4 Å². The lowest BCUT2D eigenvalue weighted by molar-refractivity contribution is 1.30. The van der Waals surface area contributed by atoms with Crippen LogP contribution in [0.15, 0.2) is 170 Å². The molecule has 3 heterocycles. The summed E-state index contributed by atoms with van der Waals surface area (Å²) >= 11 is 0. The van der Waals surface area contributed by atoms with Crippen LogP contribution >= 0.6 is 0 Å². The number of nitrogens with zero attached hydrogens (tertiary/aromatic N) is 4. The molecular weight excluding hydrogens is 585 g/mol. The van der Waals surface area contributed by atoms with Crippen LogP contribution in [0, 0.1) is 0 Å². The van der Waals surface area contributed by atoms with E-state index in [1.54, 1.807) is 0 Å². The minimum Gasteiger partial charge on any atom is -0.310 e. The quantitative estimate of drug-likeness (QED) is 0.146. The van der Waals surface area contributed by atoms with Crippen LogP contribution in [0.3, 0.4) is 0 Å². The van der Waals surface area contributed by atoms with Crippen molar-refractivity contribution in [1.29, 1.82) is 0 Å². The largest absolute Gasteiger partial charge is 0.310 e. The second kappa shape index (κ2) is 10.5. The molecule has 0 unspecified atom stereocenters. The molecule has 48 heavy (non-hydrogen) atoms. The van der Waals surface area contributed by atoms with Gasteiger partial charge in [0.2, 0.25) is 0 Å². The number of benzene rings is 7. The highest BCUT2D eigenvalue weighted by Crippen LogP contribution is 2.40. The van der Waals surface area contributed by atoms with Crippen molar-refractivity contribution in [3.05, 3.63) is 170 Å². The van der Waals surface area contributed by atoms with Crippen molar-refractivity contribution < 1.29 is 0 Å². The van der Waals surface area contributed by atoms with E-state index in [2.05, 4.69) is 173 Å². The first-order valence-corrected chi connectivity index (χ1v) is 16.3. The first-order valence-electron chi connectivity index (χ1n) is 16.3. The number of rotatable bonds is 4. The maximum Gasteiger partial charge on any atom is 0.147 e. The third-order valence-electron chi connectivity index (χ3n) is 9.50. The number of aromatic nitrogens is 3. The van der Waals surface area contributed by atoms with Crippen molar-refractivity contribution in [2.24, 2.45) is 0 Å². The molecule has 4 nitrogen and oxygen atoms in total. The van der Waals surface area contributed by atoms with E-state index in [4.69, 9.17) is 9.97 Å². The van der Waals surface area contributed by atoms with Crippen molar-refractivity contribution in [3.8, 4) is 11.1 Å². The Hall–Kier alpha value is -6.52. The van der Waals surface area contributed by atoms with E-state index in [9.17, 15) is 0 Å². The van der Waals surface area contributed by atoms with Gasteiger partial charge in [0.1, 0.15) is 5.65 Å². The summed E-state index contributed by atoms with van der Waals surface area (Å²) in [4.78, 5) is 12.7. The van der Waals surface area contributed by atoms with Gasteiger partial charge in [0.05, 0.1) is 33.3 Å². The summed E-state index contributed by atoms with van der Waals surface area (Å²) in [6, 6.07) is 60.3. The van der Waals surface area contributed by atoms with Gasteiger partial charge in [-0.25, -0.2) is 9.97 Å². The smallest absolute Gasteiger partial charge is 0.147 e. The predicted octanol–water partition coefficient (Wildman–Crippen LogP) is 11.6. The van der Waals surface area contributed by atoms with Crippen LogP contribution in [0.25, 0.3) is 71.3 Å². The molecule has 0 bridgehead atoms. The molecule has 10 aromatic rings. The molecule has 0 atom stereocenters. The zero-order valence-corrected chi connectivity index (χ0v) is 26.0. The SMILES string of the molecule is c1ccc(N(c2ccc(-c3ccc4c5nc6ccccc6cc5c5nc6ccccc6n5c4c3)cc2)c2cccc3ccccc23)cc1. The van der Waals surface area contributed by atoms with Crippen molar-refractivity contribution in [2.45, 2.75) is 0 Å². The van der Waals surface area contributed by atoms with Crippen LogP contribution in [-0.4, -0.2) is 14.4 Å². The number of anilines is 3. The number of hydrogen-bond acceptors (Lipinski definition) is 3. The standard InChI is InChI=1S/C44H28N4/c1-2-14-33(15-3-1)47(40-20-10-13-30-11-4-6-16-35(30)40)34-24-21-29(22-25-34)31-23-26-36-42(28-31)48-41-19-9-8-18-39(41)46-44(48)37-27-32-12-5-7-17-38(32)45-43(36)37/h1-28H. The summed E-state index contributed by atoms with van der Waals surface area (Å²) in [5.74, 6) is 0. The second-order valence-corrected chi connectivity index (χ2v) is 12.3. The van der Waals surface area contributed by atoms with E-state index in [0.717, 1.165) is 77.6 Å². The Morgan fingerprint density at radius 3 is 1.98 bits per heavy atom. The second-order valence-electron chi connectivity index (χ2n) is 12.3.